The van der Waals surface area contributed by atoms with E-state index >= 15 is 0 Å². The fraction of sp³-hybridized carbons (Fsp3) is 0.280. The number of aliphatic hydroxyl groups excluding tert-OH is 1. The molecule has 1 radical (unpaired) electrons. The number of nitrogens with zero attached hydrogens (tertiary/aromatic N) is 1. The van der Waals surface area contributed by atoms with Crippen LogP contribution in [0, 0.1) is 6.42 Å². The van der Waals surface area contributed by atoms with Gasteiger partial charge in [0.15, 0.2) is 0 Å². The smallest absolute Gasteiger partial charge is 0.416 e. The number of ether oxygens (including phenoxy) is 1. The van der Waals surface area contributed by atoms with Crippen LogP contribution in [-0.4, -0.2) is 17.2 Å². The molecule has 3 rings (SSSR count). The zero-order chi connectivity index (χ0) is 22.6. The Kier molecular flexibility index (Phi) is 7.01. The molecule has 1 atom stereocenters. The molecule has 0 aliphatic carbocycles. The Hall–Kier alpha value is -2.86. The molecule has 1 unspecified atom stereocenters. The molecule has 0 saturated carbocycles. The van der Waals surface area contributed by atoms with Crippen LogP contribution in [0.15, 0.2) is 60.8 Å². The molecule has 1 N–H and O–H groups in total. The number of methoxy groups -OCH3 is 1. The molecule has 0 aliphatic heterocycles. The first-order valence-corrected chi connectivity index (χ1v) is 10.0. The van der Waals surface area contributed by atoms with Gasteiger partial charge in [-0.2, -0.15) is 13.2 Å². The van der Waals surface area contributed by atoms with E-state index in [9.17, 15) is 18.3 Å². The lowest BCUT2D eigenvalue weighted by molar-refractivity contribution is -0.138. The Morgan fingerprint density at radius 2 is 1.74 bits per heavy atom. The van der Waals surface area contributed by atoms with E-state index in [-0.39, 0.29) is 17.9 Å². The number of hydrogen-bond donors (Lipinski definition) is 1. The van der Waals surface area contributed by atoms with Crippen molar-refractivity contribution in [3.8, 4) is 16.9 Å². The van der Waals surface area contributed by atoms with E-state index in [1.54, 1.807) is 56.8 Å². The van der Waals surface area contributed by atoms with Crippen LogP contribution >= 0.6 is 0 Å². The van der Waals surface area contributed by atoms with E-state index in [2.05, 4.69) is 4.98 Å². The highest BCUT2D eigenvalue weighted by atomic mass is 19.4. The second-order valence-electron chi connectivity index (χ2n) is 7.59. The van der Waals surface area contributed by atoms with Crippen molar-refractivity contribution in [2.45, 2.75) is 38.5 Å². The SMILES string of the molecule is COc1ccccc1-c1cc(C(C)C)c(C(F)(F)F)cc1[CH]CC(O)c1ccccn1. The Labute approximate surface area is 180 Å². The van der Waals surface area contributed by atoms with Crippen LogP contribution in [0.4, 0.5) is 13.2 Å². The van der Waals surface area contributed by atoms with Crippen molar-refractivity contribution < 1.29 is 23.0 Å². The van der Waals surface area contributed by atoms with Crippen molar-refractivity contribution in [1.29, 1.82) is 0 Å². The summed E-state index contributed by atoms with van der Waals surface area (Å²) < 4.78 is 47.0. The van der Waals surface area contributed by atoms with Crippen LogP contribution in [0.2, 0.25) is 0 Å². The summed E-state index contributed by atoms with van der Waals surface area (Å²) in [5.41, 5.74) is 1.72. The minimum absolute atomic E-state index is 0.123. The van der Waals surface area contributed by atoms with Crippen LogP contribution in [0.5, 0.6) is 5.75 Å². The van der Waals surface area contributed by atoms with E-state index in [1.807, 2.05) is 18.2 Å². The molecule has 31 heavy (non-hydrogen) atoms. The predicted molar refractivity (Wildman–Crippen MR) is 115 cm³/mol. The van der Waals surface area contributed by atoms with Gasteiger partial charge in [0.05, 0.1) is 24.5 Å². The molecular formula is C25H25F3NO2. The number of halogens is 3. The lowest BCUT2D eigenvalue weighted by Gasteiger charge is -2.22. The molecule has 0 aliphatic rings. The highest BCUT2D eigenvalue weighted by Crippen LogP contribution is 2.42. The average Bonchev–Trinajstić information content (AvgIpc) is 2.76. The zero-order valence-corrected chi connectivity index (χ0v) is 17.6. The third kappa shape index (κ3) is 5.25. The van der Waals surface area contributed by atoms with Gasteiger partial charge >= 0.3 is 6.18 Å². The highest BCUT2D eigenvalue weighted by Gasteiger charge is 2.35. The third-order valence-corrected chi connectivity index (χ3v) is 5.14. The molecule has 0 spiro atoms. The largest absolute Gasteiger partial charge is 0.496 e. The van der Waals surface area contributed by atoms with Crippen molar-refractivity contribution in [2.24, 2.45) is 0 Å². The molecule has 0 amide bonds. The van der Waals surface area contributed by atoms with Gasteiger partial charge in [-0.25, -0.2) is 0 Å². The van der Waals surface area contributed by atoms with Crippen molar-refractivity contribution in [2.75, 3.05) is 7.11 Å². The maximum Gasteiger partial charge on any atom is 0.416 e. The van der Waals surface area contributed by atoms with Crippen molar-refractivity contribution in [1.82, 2.24) is 4.98 Å². The van der Waals surface area contributed by atoms with Crippen molar-refractivity contribution in [3.63, 3.8) is 0 Å². The summed E-state index contributed by atoms with van der Waals surface area (Å²) in [5, 5.41) is 10.5. The van der Waals surface area contributed by atoms with Crippen molar-refractivity contribution in [3.05, 3.63) is 89.6 Å². The van der Waals surface area contributed by atoms with E-state index in [1.165, 1.54) is 13.2 Å². The van der Waals surface area contributed by atoms with E-state index in [0.29, 0.717) is 28.1 Å². The molecule has 2 aromatic carbocycles. The van der Waals surface area contributed by atoms with Crippen LogP contribution in [0.25, 0.3) is 11.1 Å². The first kappa shape index (κ1) is 22.8. The zero-order valence-electron chi connectivity index (χ0n) is 17.6. The fourth-order valence-corrected chi connectivity index (χ4v) is 3.56. The summed E-state index contributed by atoms with van der Waals surface area (Å²) in [6.07, 6.45) is -2.09. The number of alkyl halides is 3. The monoisotopic (exact) mass is 428 g/mol. The molecular weight excluding hydrogens is 403 g/mol. The van der Waals surface area contributed by atoms with Gasteiger partial charge in [0, 0.05) is 11.8 Å². The Balaban J connectivity index is 2.10. The van der Waals surface area contributed by atoms with Crippen molar-refractivity contribution >= 4 is 0 Å². The molecule has 0 fully saturated rings. The number of para-hydroxylation sites is 1. The molecule has 1 heterocycles. The van der Waals surface area contributed by atoms with Gasteiger partial charge in [0.2, 0.25) is 0 Å². The third-order valence-electron chi connectivity index (χ3n) is 5.14. The molecule has 1 aromatic heterocycles. The van der Waals surface area contributed by atoms with Crippen LogP contribution < -0.4 is 4.74 Å². The lowest BCUT2D eigenvalue weighted by atomic mass is 9.86. The minimum Gasteiger partial charge on any atom is -0.496 e. The molecule has 6 heteroatoms. The van der Waals surface area contributed by atoms with Gasteiger partial charge in [-0.1, -0.05) is 38.1 Å². The first-order valence-electron chi connectivity index (χ1n) is 10.0. The fourth-order valence-electron chi connectivity index (χ4n) is 3.56. The van der Waals surface area contributed by atoms with E-state index < -0.39 is 17.8 Å². The first-order chi connectivity index (χ1) is 14.7. The molecule has 163 valence electrons. The predicted octanol–water partition coefficient (Wildman–Crippen LogP) is 6.58. The number of pyridine rings is 1. The van der Waals surface area contributed by atoms with Crippen LogP contribution in [0.1, 0.15) is 54.7 Å². The maximum absolute atomic E-state index is 13.8. The Bertz CT molecular complexity index is 1020. The normalized spacial score (nSPS) is 12.8. The van der Waals surface area contributed by atoms with E-state index in [4.69, 9.17) is 4.74 Å². The Morgan fingerprint density at radius 1 is 1.03 bits per heavy atom. The second-order valence-corrected chi connectivity index (χ2v) is 7.59. The summed E-state index contributed by atoms with van der Waals surface area (Å²) in [6.45, 7) is 3.48. The standard InChI is InChI=1S/C25H25F3NO2/c1-16(2)19-15-20(18-8-4-5-10-24(18)31-3)17(14-21(19)25(26,27)28)11-12-23(30)22-9-6-7-13-29-22/h4-11,13-16,23,30H,12H2,1-3H3. The minimum atomic E-state index is -4.49. The second kappa shape index (κ2) is 9.52. The summed E-state index contributed by atoms with van der Waals surface area (Å²) in [7, 11) is 1.53. The highest BCUT2D eigenvalue weighted by molar-refractivity contribution is 5.76. The molecule has 3 aromatic rings. The van der Waals surface area contributed by atoms with Crippen LogP contribution in [0.3, 0.4) is 0 Å². The number of aliphatic hydroxyl groups is 1. The molecule has 3 nitrogen and oxygen atoms in total. The summed E-state index contributed by atoms with van der Waals surface area (Å²) in [6, 6.07) is 15.1. The number of benzene rings is 2. The van der Waals surface area contributed by atoms with Gasteiger partial charge in [-0.3, -0.25) is 4.98 Å². The van der Waals surface area contributed by atoms with Gasteiger partial charge < -0.3 is 9.84 Å². The number of hydrogen-bond acceptors (Lipinski definition) is 3. The summed E-state index contributed by atoms with van der Waals surface area (Å²) in [5.74, 6) is 0.245. The molecule has 0 bridgehead atoms. The summed E-state index contributed by atoms with van der Waals surface area (Å²) in [4.78, 5) is 4.12. The molecule has 0 saturated heterocycles. The van der Waals surface area contributed by atoms with Gasteiger partial charge in [0.25, 0.3) is 0 Å². The van der Waals surface area contributed by atoms with Gasteiger partial charge in [-0.15, -0.1) is 0 Å². The average molecular weight is 428 g/mol. The Morgan fingerprint density at radius 3 is 2.35 bits per heavy atom. The van der Waals surface area contributed by atoms with Gasteiger partial charge in [0.1, 0.15) is 5.75 Å². The summed E-state index contributed by atoms with van der Waals surface area (Å²) >= 11 is 0. The number of aromatic nitrogens is 1. The maximum atomic E-state index is 13.8. The lowest BCUT2D eigenvalue weighted by Crippen LogP contribution is -2.12. The quantitative estimate of drug-likeness (QED) is 0.462. The topological polar surface area (TPSA) is 42.4 Å². The van der Waals surface area contributed by atoms with E-state index in [0.717, 1.165) is 0 Å². The number of rotatable bonds is 7. The van der Waals surface area contributed by atoms with Gasteiger partial charge in [-0.05, 0) is 65.8 Å². The van der Waals surface area contributed by atoms with Crippen LogP contribution in [-0.2, 0) is 6.18 Å².